The van der Waals surface area contributed by atoms with E-state index in [1.54, 1.807) is 24.5 Å². The lowest BCUT2D eigenvalue weighted by Gasteiger charge is -2.29. The van der Waals surface area contributed by atoms with E-state index < -0.39 is 11.0 Å². The van der Waals surface area contributed by atoms with Gasteiger partial charge in [0.25, 0.3) is 5.69 Å². The molecule has 1 atom stereocenters. The molecule has 0 aliphatic carbocycles. The average molecular weight is 361 g/mol. The fourth-order valence-corrected chi connectivity index (χ4v) is 3.10. The van der Waals surface area contributed by atoms with E-state index in [1.807, 2.05) is 30.3 Å². The summed E-state index contributed by atoms with van der Waals surface area (Å²) < 4.78 is 0. The molecule has 1 unspecified atom stereocenters. The summed E-state index contributed by atoms with van der Waals surface area (Å²) in [5.74, 6) is 0.602. The molecule has 1 aliphatic heterocycles. The van der Waals surface area contributed by atoms with Crippen LogP contribution in [0.4, 0.5) is 10.5 Å². The summed E-state index contributed by atoms with van der Waals surface area (Å²) in [5, 5.41) is 16.7. The molecule has 134 valence electrons. The maximum absolute atomic E-state index is 12.3. The smallest absolute Gasteiger partial charge is 0.320 e. The van der Waals surface area contributed by atoms with Crippen molar-refractivity contribution in [2.24, 2.45) is 0 Å². The SMILES string of the molecule is O=C1NC(c2ccccc2)=C(c2ncc[nH]2)C(c2ccc([N+](=O)[O-])cc2)N1. The molecule has 8 nitrogen and oxygen atoms in total. The molecule has 0 saturated carbocycles. The standard InChI is InChI=1S/C19H15N5O3/c25-19-22-16(12-4-2-1-3-5-12)15(18-20-10-11-21-18)17(23-19)13-6-8-14(9-7-13)24(26)27/h1-11,17H,(H,20,21)(H2,22,23,25). The third-order valence-electron chi connectivity index (χ3n) is 4.33. The predicted octanol–water partition coefficient (Wildman–Crippen LogP) is 3.24. The summed E-state index contributed by atoms with van der Waals surface area (Å²) in [7, 11) is 0. The number of nitrogens with zero attached hydrogens (tertiary/aromatic N) is 2. The van der Waals surface area contributed by atoms with Crippen molar-refractivity contribution in [3.63, 3.8) is 0 Å². The Balaban J connectivity index is 1.88. The van der Waals surface area contributed by atoms with Gasteiger partial charge in [-0.15, -0.1) is 0 Å². The van der Waals surface area contributed by atoms with Crippen molar-refractivity contribution in [3.8, 4) is 0 Å². The van der Waals surface area contributed by atoms with E-state index in [2.05, 4.69) is 20.6 Å². The summed E-state index contributed by atoms with van der Waals surface area (Å²) in [6.45, 7) is 0. The van der Waals surface area contributed by atoms with E-state index in [4.69, 9.17) is 0 Å². The Labute approximate surface area is 154 Å². The van der Waals surface area contributed by atoms with Gasteiger partial charge in [0, 0.05) is 30.1 Å². The number of non-ortho nitro benzene ring substituents is 1. The zero-order chi connectivity index (χ0) is 18.8. The molecule has 4 rings (SSSR count). The molecule has 0 spiro atoms. The van der Waals surface area contributed by atoms with Gasteiger partial charge >= 0.3 is 6.03 Å². The van der Waals surface area contributed by atoms with Crippen LogP contribution in [0.1, 0.15) is 23.0 Å². The fraction of sp³-hybridized carbons (Fsp3) is 0.0526. The first-order chi connectivity index (χ1) is 13.1. The second-order valence-electron chi connectivity index (χ2n) is 5.97. The summed E-state index contributed by atoms with van der Waals surface area (Å²) >= 11 is 0. The highest BCUT2D eigenvalue weighted by Gasteiger charge is 2.31. The molecule has 3 N–H and O–H groups in total. The van der Waals surface area contributed by atoms with Crippen LogP contribution in [0.3, 0.4) is 0 Å². The highest BCUT2D eigenvalue weighted by Crippen LogP contribution is 2.36. The first-order valence-electron chi connectivity index (χ1n) is 8.24. The first kappa shape index (κ1) is 16.5. The molecule has 1 aliphatic rings. The Morgan fingerprint density at radius 2 is 1.78 bits per heavy atom. The molecule has 2 amide bonds. The maximum Gasteiger partial charge on any atom is 0.320 e. The van der Waals surface area contributed by atoms with Crippen molar-refractivity contribution < 1.29 is 9.72 Å². The van der Waals surface area contributed by atoms with Gasteiger partial charge < -0.3 is 15.6 Å². The molecule has 1 aromatic heterocycles. The molecule has 0 fully saturated rings. The van der Waals surface area contributed by atoms with E-state index in [0.717, 1.165) is 16.7 Å². The van der Waals surface area contributed by atoms with E-state index >= 15 is 0 Å². The number of rotatable bonds is 4. The summed E-state index contributed by atoms with van der Waals surface area (Å²) in [5.41, 5.74) is 2.93. The average Bonchev–Trinajstić information content (AvgIpc) is 3.22. The number of aromatic nitrogens is 2. The second kappa shape index (κ2) is 6.75. The lowest BCUT2D eigenvalue weighted by molar-refractivity contribution is -0.384. The number of carbonyl (C=O) groups is 1. The Kier molecular flexibility index (Phi) is 4.13. The van der Waals surface area contributed by atoms with Gasteiger partial charge in [-0.1, -0.05) is 30.3 Å². The molecule has 0 bridgehead atoms. The number of nitro benzene ring substituents is 1. The van der Waals surface area contributed by atoms with Gasteiger partial charge in [0.15, 0.2) is 0 Å². The number of urea groups is 1. The van der Waals surface area contributed by atoms with Crippen molar-refractivity contribution in [3.05, 3.63) is 94.1 Å². The number of amides is 2. The molecule has 8 heteroatoms. The van der Waals surface area contributed by atoms with Crippen molar-refractivity contribution in [2.45, 2.75) is 6.04 Å². The van der Waals surface area contributed by atoms with E-state index in [1.165, 1.54) is 12.1 Å². The molecule has 2 aromatic carbocycles. The number of hydrogen-bond donors (Lipinski definition) is 3. The molecule has 0 radical (unpaired) electrons. The lowest BCUT2D eigenvalue weighted by Crippen LogP contribution is -2.43. The van der Waals surface area contributed by atoms with Crippen LogP contribution in [0.15, 0.2) is 67.0 Å². The summed E-state index contributed by atoms with van der Waals surface area (Å²) in [6, 6.07) is 14.7. The molecular formula is C19H15N5O3. The van der Waals surface area contributed by atoms with Crippen molar-refractivity contribution >= 4 is 23.0 Å². The minimum atomic E-state index is -0.513. The van der Waals surface area contributed by atoms with Crippen LogP contribution in [0.25, 0.3) is 11.3 Å². The van der Waals surface area contributed by atoms with Gasteiger partial charge in [-0.2, -0.15) is 0 Å². The largest absolute Gasteiger partial charge is 0.345 e. The topological polar surface area (TPSA) is 113 Å². The summed E-state index contributed by atoms with van der Waals surface area (Å²) in [4.78, 5) is 30.2. The van der Waals surface area contributed by atoms with Crippen LogP contribution < -0.4 is 10.6 Å². The number of hydrogen-bond acceptors (Lipinski definition) is 4. The van der Waals surface area contributed by atoms with E-state index in [-0.39, 0.29) is 11.7 Å². The van der Waals surface area contributed by atoms with Gasteiger partial charge in [0.2, 0.25) is 0 Å². The van der Waals surface area contributed by atoms with E-state index in [0.29, 0.717) is 11.5 Å². The highest BCUT2D eigenvalue weighted by atomic mass is 16.6. The number of nitro groups is 1. The molecule has 2 heterocycles. The Morgan fingerprint density at radius 3 is 2.41 bits per heavy atom. The monoisotopic (exact) mass is 361 g/mol. The Morgan fingerprint density at radius 1 is 1.04 bits per heavy atom. The van der Waals surface area contributed by atoms with Crippen LogP contribution in [0.2, 0.25) is 0 Å². The van der Waals surface area contributed by atoms with Crippen molar-refractivity contribution in [1.29, 1.82) is 0 Å². The van der Waals surface area contributed by atoms with Crippen LogP contribution in [-0.2, 0) is 0 Å². The lowest BCUT2D eigenvalue weighted by atomic mass is 9.92. The Hall–Kier alpha value is -3.94. The third kappa shape index (κ3) is 3.15. The van der Waals surface area contributed by atoms with Crippen molar-refractivity contribution in [1.82, 2.24) is 20.6 Å². The molecule has 3 aromatic rings. The molecule has 27 heavy (non-hydrogen) atoms. The Bertz CT molecular complexity index is 1010. The normalized spacial score (nSPS) is 16.6. The first-order valence-corrected chi connectivity index (χ1v) is 8.24. The van der Waals surface area contributed by atoms with Gasteiger partial charge in [0.1, 0.15) is 5.82 Å². The second-order valence-corrected chi connectivity index (χ2v) is 5.97. The number of H-pyrrole nitrogens is 1. The number of carbonyl (C=O) groups excluding carboxylic acids is 1. The van der Waals surface area contributed by atoms with Crippen LogP contribution in [0.5, 0.6) is 0 Å². The summed E-state index contributed by atoms with van der Waals surface area (Å²) in [6.07, 6.45) is 3.34. The minimum absolute atomic E-state index is 0.00850. The van der Waals surface area contributed by atoms with Crippen LogP contribution >= 0.6 is 0 Å². The van der Waals surface area contributed by atoms with E-state index in [9.17, 15) is 14.9 Å². The molecular weight excluding hydrogens is 346 g/mol. The fourth-order valence-electron chi connectivity index (χ4n) is 3.10. The zero-order valence-corrected chi connectivity index (χ0v) is 14.0. The zero-order valence-electron chi connectivity index (χ0n) is 14.0. The minimum Gasteiger partial charge on any atom is -0.345 e. The third-order valence-corrected chi connectivity index (χ3v) is 4.33. The van der Waals surface area contributed by atoms with Gasteiger partial charge in [0.05, 0.1) is 16.7 Å². The number of nitrogens with one attached hydrogen (secondary N) is 3. The quantitative estimate of drug-likeness (QED) is 0.489. The molecule has 0 saturated heterocycles. The number of aromatic amines is 1. The van der Waals surface area contributed by atoms with Crippen molar-refractivity contribution in [2.75, 3.05) is 0 Å². The van der Waals surface area contributed by atoms with Gasteiger partial charge in [-0.05, 0) is 23.3 Å². The van der Waals surface area contributed by atoms with Gasteiger partial charge in [-0.25, -0.2) is 9.78 Å². The number of benzene rings is 2. The predicted molar refractivity (Wildman–Crippen MR) is 99.3 cm³/mol. The van der Waals surface area contributed by atoms with Crippen LogP contribution in [0, 0.1) is 10.1 Å². The van der Waals surface area contributed by atoms with Crippen LogP contribution in [-0.4, -0.2) is 20.9 Å². The van der Waals surface area contributed by atoms with Gasteiger partial charge in [-0.3, -0.25) is 10.1 Å². The number of imidazole rings is 1. The maximum atomic E-state index is 12.3. The highest BCUT2D eigenvalue weighted by molar-refractivity contribution is 6.01.